The van der Waals surface area contributed by atoms with Crippen LogP contribution in [-0.2, 0) is 6.42 Å². The molecule has 0 spiro atoms. The van der Waals surface area contributed by atoms with Crippen molar-refractivity contribution in [3.8, 4) is 0 Å². The number of hydrogen-bond acceptors (Lipinski definition) is 2. The maximum Gasteiger partial charge on any atom is 0.0393 e. The third-order valence-electron chi connectivity index (χ3n) is 5.22. The Morgan fingerprint density at radius 2 is 2.05 bits per heavy atom. The van der Waals surface area contributed by atoms with Crippen LogP contribution in [0.1, 0.15) is 45.1 Å². The SMILES string of the molecule is CCC1(C)CCN(c2ccc3c(c2)NCCC3)CC1. The number of anilines is 2. The molecule has 1 aromatic rings. The first-order valence-electron chi connectivity index (χ1n) is 7.82. The maximum absolute atomic E-state index is 3.54. The predicted octanol–water partition coefficient (Wildman–Crippen LogP) is 4.06. The molecule has 0 saturated carbocycles. The number of benzene rings is 1. The smallest absolute Gasteiger partial charge is 0.0393 e. The van der Waals surface area contributed by atoms with Gasteiger partial charge in [-0.3, -0.25) is 0 Å². The average molecular weight is 258 g/mol. The van der Waals surface area contributed by atoms with Gasteiger partial charge < -0.3 is 10.2 Å². The molecule has 0 aromatic heterocycles. The van der Waals surface area contributed by atoms with Crippen LogP contribution in [0, 0.1) is 5.41 Å². The third-order valence-corrected chi connectivity index (χ3v) is 5.22. The van der Waals surface area contributed by atoms with Crippen LogP contribution in [0.5, 0.6) is 0 Å². The van der Waals surface area contributed by atoms with Gasteiger partial charge in [0.15, 0.2) is 0 Å². The Labute approximate surface area is 117 Å². The van der Waals surface area contributed by atoms with Gasteiger partial charge in [0.1, 0.15) is 0 Å². The summed E-state index contributed by atoms with van der Waals surface area (Å²) >= 11 is 0. The molecule has 3 rings (SSSR count). The summed E-state index contributed by atoms with van der Waals surface area (Å²) in [6.45, 7) is 8.33. The van der Waals surface area contributed by atoms with Gasteiger partial charge >= 0.3 is 0 Å². The van der Waals surface area contributed by atoms with Crippen LogP contribution >= 0.6 is 0 Å². The zero-order valence-corrected chi connectivity index (χ0v) is 12.3. The van der Waals surface area contributed by atoms with Crippen LogP contribution in [0.15, 0.2) is 18.2 Å². The second-order valence-electron chi connectivity index (χ2n) is 6.52. The molecule has 1 aromatic carbocycles. The largest absolute Gasteiger partial charge is 0.385 e. The van der Waals surface area contributed by atoms with Gasteiger partial charge in [0.05, 0.1) is 0 Å². The summed E-state index contributed by atoms with van der Waals surface area (Å²) in [5.74, 6) is 0. The van der Waals surface area contributed by atoms with E-state index in [0.29, 0.717) is 5.41 Å². The lowest BCUT2D eigenvalue weighted by Gasteiger charge is -2.40. The first kappa shape index (κ1) is 12.8. The minimum Gasteiger partial charge on any atom is -0.385 e. The van der Waals surface area contributed by atoms with Gasteiger partial charge in [0, 0.05) is 31.0 Å². The van der Waals surface area contributed by atoms with E-state index in [4.69, 9.17) is 0 Å². The van der Waals surface area contributed by atoms with Crippen LogP contribution in [0.4, 0.5) is 11.4 Å². The monoisotopic (exact) mass is 258 g/mol. The Hall–Kier alpha value is -1.18. The van der Waals surface area contributed by atoms with E-state index >= 15 is 0 Å². The molecule has 2 aliphatic heterocycles. The maximum atomic E-state index is 3.54. The highest BCUT2D eigenvalue weighted by molar-refractivity contribution is 5.63. The van der Waals surface area contributed by atoms with E-state index in [1.807, 2.05) is 0 Å². The van der Waals surface area contributed by atoms with Crippen LogP contribution < -0.4 is 10.2 Å². The Morgan fingerprint density at radius 1 is 1.26 bits per heavy atom. The van der Waals surface area contributed by atoms with Crippen molar-refractivity contribution in [1.82, 2.24) is 0 Å². The molecule has 0 atom stereocenters. The topological polar surface area (TPSA) is 15.3 Å². The Morgan fingerprint density at radius 3 is 2.79 bits per heavy atom. The molecule has 2 nitrogen and oxygen atoms in total. The standard InChI is InChI=1S/C17H26N2/c1-3-17(2)8-11-19(12-9-17)15-7-6-14-5-4-10-18-16(14)13-15/h6-7,13,18H,3-5,8-12H2,1-2H3. The van der Waals surface area contributed by atoms with Gasteiger partial charge in [-0.2, -0.15) is 0 Å². The van der Waals surface area contributed by atoms with Crippen LogP contribution in [-0.4, -0.2) is 19.6 Å². The lowest BCUT2D eigenvalue weighted by Crippen LogP contribution is -2.38. The van der Waals surface area contributed by atoms with Crippen molar-refractivity contribution in [2.45, 2.75) is 46.0 Å². The third kappa shape index (κ3) is 2.58. The van der Waals surface area contributed by atoms with Gasteiger partial charge in [-0.05, 0) is 48.8 Å². The molecule has 0 unspecified atom stereocenters. The fourth-order valence-corrected chi connectivity index (χ4v) is 3.30. The van der Waals surface area contributed by atoms with E-state index in [1.54, 1.807) is 0 Å². The first-order valence-corrected chi connectivity index (χ1v) is 7.82. The molecule has 0 radical (unpaired) electrons. The number of aryl methyl sites for hydroxylation is 1. The lowest BCUT2D eigenvalue weighted by molar-refractivity contribution is 0.238. The molecule has 0 amide bonds. The molecule has 104 valence electrons. The summed E-state index contributed by atoms with van der Waals surface area (Å²) < 4.78 is 0. The number of piperidine rings is 1. The van der Waals surface area contributed by atoms with Gasteiger partial charge in [0.25, 0.3) is 0 Å². The number of hydrogen-bond donors (Lipinski definition) is 1. The van der Waals surface area contributed by atoms with Gasteiger partial charge in [0.2, 0.25) is 0 Å². The van der Waals surface area contributed by atoms with Crippen LogP contribution in [0.25, 0.3) is 0 Å². The fraction of sp³-hybridized carbons (Fsp3) is 0.647. The molecule has 2 heteroatoms. The molecule has 19 heavy (non-hydrogen) atoms. The first-order chi connectivity index (χ1) is 9.20. The van der Waals surface area contributed by atoms with Crippen molar-refractivity contribution in [2.24, 2.45) is 5.41 Å². The summed E-state index contributed by atoms with van der Waals surface area (Å²) in [5, 5.41) is 3.54. The summed E-state index contributed by atoms with van der Waals surface area (Å²) in [7, 11) is 0. The van der Waals surface area contributed by atoms with Crippen molar-refractivity contribution in [1.29, 1.82) is 0 Å². The van der Waals surface area contributed by atoms with Crippen molar-refractivity contribution < 1.29 is 0 Å². The van der Waals surface area contributed by atoms with Crippen molar-refractivity contribution in [2.75, 3.05) is 29.9 Å². The van der Waals surface area contributed by atoms with Crippen molar-refractivity contribution in [3.63, 3.8) is 0 Å². The fourth-order valence-electron chi connectivity index (χ4n) is 3.30. The minimum atomic E-state index is 0.572. The molecule has 0 bridgehead atoms. The number of nitrogens with one attached hydrogen (secondary N) is 1. The highest BCUT2D eigenvalue weighted by Crippen LogP contribution is 2.36. The Balaban J connectivity index is 1.73. The highest BCUT2D eigenvalue weighted by Gasteiger charge is 2.28. The van der Waals surface area contributed by atoms with E-state index in [2.05, 4.69) is 42.3 Å². The Bertz CT molecular complexity index is 445. The van der Waals surface area contributed by atoms with Gasteiger partial charge in [-0.15, -0.1) is 0 Å². The second kappa shape index (κ2) is 5.07. The van der Waals surface area contributed by atoms with Crippen molar-refractivity contribution >= 4 is 11.4 Å². The zero-order valence-electron chi connectivity index (χ0n) is 12.3. The number of fused-ring (bicyclic) bond motifs is 1. The lowest BCUT2D eigenvalue weighted by atomic mass is 9.78. The van der Waals surface area contributed by atoms with E-state index in [0.717, 1.165) is 6.54 Å². The highest BCUT2D eigenvalue weighted by atomic mass is 15.1. The molecular weight excluding hydrogens is 232 g/mol. The molecular formula is C17H26N2. The molecule has 1 N–H and O–H groups in total. The van der Waals surface area contributed by atoms with E-state index in [9.17, 15) is 0 Å². The molecule has 2 aliphatic rings. The van der Waals surface area contributed by atoms with Crippen LogP contribution in [0.3, 0.4) is 0 Å². The molecule has 1 saturated heterocycles. The molecule has 2 heterocycles. The molecule has 1 fully saturated rings. The average Bonchev–Trinajstić information content (AvgIpc) is 2.47. The zero-order chi connectivity index (χ0) is 13.3. The summed E-state index contributed by atoms with van der Waals surface area (Å²) in [4.78, 5) is 2.56. The number of rotatable bonds is 2. The van der Waals surface area contributed by atoms with Crippen molar-refractivity contribution in [3.05, 3.63) is 23.8 Å². The van der Waals surface area contributed by atoms with E-state index in [-0.39, 0.29) is 0 Å². The van der Waals surface area contributed by atoms with Crippen LogP contribution in [0.2, 0.25) is 0 Å². The number of nitrogens with zero attached hydrogens (tertiary/aromatic N) is 1. The normalized spacial score (nSPS) is 21.7. The second-order valence-corrected chi connectivity index (χ2v) is 6.52. The summed E-state index contributed by atoms with van der Waals surface area (Å²) in [6, 6.07) is 7.01. The molecule has 0 aliphatic carbocycles. The van der Waals surface area contributed by atoms with E-state index < -0.39 is 0 Å². The quantitative estimate of drug-likeness (QED) is 0.860. The Kier molecular flexibility index (Phi) is 3.42. The van der Waals surface area contributed by atoms with Gasteiger partial charge in [-0.25, -0.2) is 0 Å². The summed E-state index contributed by atoms with van der Waals surface area (Å²) in [5.41, 5.74) is 4.84. The minimum absolute atomic E-state index is 0.572. The summed E-state index contributed by atoms with van der Waals surface area (Å²) in [6.07, 6.45) is 6.47. The predicted molar refractivity (Wildman–Crippen MR) is 83.1 cm³/mol. The van der Waals surface area contributed by atoms with E-state index in [1.165, 1.54) is 62.1 Å². The van der Waals surface area contributed by atoms with Gasteiger partial charge in [-0.1, -0.05) is 26.3 Å².